The molecule has 0 unspecified atom stereocenters. The van der Waals surface area contributed by atoms with Gasteiger partial charge < -0.3 is 14.7 Å². The molecule has 1 fully saturated rings. The van der Waals surface area contributed by atoms with E-state index >= 15 is 0 Å². The van der Waals surface area contributed by atoms with Crippen molar-refractivity contribution in [3.8, 4) is 0 Å². The van der Waals surface area contributed by atoms with Crippen LogP contribution in [0.15, 0.2) is 22.7 Å². The second-order valence-corrected chi connectivity index (χ2v) is 5.59. The van der Waals surface area contributed by atoms with Gasteiger partial charge in [-0.25, -0.2) is 0 Å². The minimum Gasteiger partial charge on any atom is -0.375 e. The lowest BCUT2D eigenvalue weighted by Gasteiger charge is -2.19. The van der Waals surface area contributed by atoms with Crippen molar-refractivity contribution in [2.45, 2.75) is 33.2 Å². The molecule has 1 saturated heterocycles. The van der Waals surface area contributed by atoms with Crippen LogP contribution >= 0.6 is 0 Å². The van der Waals surface area contributed by atoms with Gasteiger partial charge in [-0.15, -0.1) is 0 Å². The summed E-state index contributed by atoms with van der Waals surface area (Å²) in [5.41, 5.74) is 2.52. The van der Waals surface area contributed by atoms with Crippen LogP contribution in [0.3, 0.4) is 0 Å². The first-order valence-electron chi connectivity index (χ1n) is 7.57. The maximum absolute atomic E-state index is 12.7. The molecule has 0 radical (unpaired) electrons. The molecule has 22 heavy (non-hydrogen) atoms. The Morgan fingerprint density at radius 1 is 1.32 bits per heavy atom. The molecular formula is C16H20N4O2. The smallest absolute Gasteiger partial charge is 0.256 e. The van der Waals surface area contributed by atoms with Crippen LogP contribution in [0.2, 0.25) is 0 Å². The van der Waals surface area contributed by atoms with Crippen LogP contribution in [0.25, 0.3) is 0 Å². The van der Waals surface area contributed by atoms with Crippen molar-refractivity contribution < 1.29 is 9.32 Å². The van der Waals surface area contributed by atoms with Gasteiger partial charge in [-0.3, -0.25) is 4.79 Å². The summed E-state index contributed by atoms with van der Waals surface area (Å²) in [6.07, 6.45) is 2.17. The fraction of sp³-hybridized carbons (Fsp3) is 0.438. The van der Waals surface area contributed by atoms with Crippen LogP contribution in [-0.4, -0.2) is 34.0 Å². The monoisotopic (exact) mass is 300 g/mol. The van der Waals surface area contributed by atoms with E-state index in [4.69, 9.17) is 4.52 Å². The lowest BCUT2D eigenvalue weighted by Crippen LogP contribution is -2.29. The average Bonchev–Trinajstić information content (AvgIpc) is 3.16. The maximum atomic E-state index is 12.7. The first-order valence-corrected chi connectivity index (χ1v) is 7.57. The van der Waals surface area contributed by atoms with Gasteiger partial charge in [0, 0.05) is 18.8 Å². The zero-order valence-corrected chi connectivity index (χ0v) is 12.9. The Morgan fingerprint density at radius 3 is 2.77 bits per heavy atom. The molecule has 0 bridgehead atoms. The molecule has 6 nitrogen and oxygen atoms in total. The molecule has 0 aliphatic carbocycles. The van der Waals surface area contributed by atoms with Crippen molar-refractivity contribution >= 4 is 11.6 Å². The summed E-state index contributed by atoms with van der Waals surface area (Å²) < 4.78 is 5.10. The third kappa shape index (κ3) is 2.95. The lowest BCUT2D eigenvalue weighted by atomic mass is 10.0. The Morgan fingerprint density at radius 2 is 2.09 bits per heavy atom. The molecule has 1 aromatic heterocycles. The summed E-state index contributed by atoms with van der Waals surface area (Å²) in [6.45, 7) is 5.84. The third-order valence-corrected chi connectivity index (χ3v) is 3.88. The lowest BCUT2D eigenvalue weighted by molar-refractivity contribution is 0.0793. The number of hydrogen-bond donors (Lipinski definition) is 1. The van der Waals surface area contributed by atoms with Gasteiger partial charge in [0.05, 0.1) is 12.1 Å². The van der Waals surface area contributed by atoms with Crippen molar-refractivity contribution in [1.82, 2.24) is 15.0 Å². The molecule has 2 aromatic rings. The van der Waals surface area contributed by atoms with E-state index in [1.165, 1.54) is 0 Å². The van der Waals surface area contributed by atoms with E-state index in [9.17, 15) is 4.79 Å². The first kappa shape index (κ1) is 14.6. The number of nitrogens with one attached hydrogen (secondary N) is 1. The quantitative estimate of drug-likeness (QED) is 0.939. The summed E-state index contributed by atoms with van der Waals surface area (Å²) in [6, 6.07) is 5.82. The Bertz CT molecular complexity index is 675. The van der Waals surface area contributed by atoms with Crippen LogP contribution in [0.1, 0.15) is 40.5 Å². The molecule has 0 spiro atoms. The number of likely N-dealkylation sites (tertiary alicyclic amines) is 1. The highest BCUT2D eigenvalue weighted by molar-refractivity contribution is 6.01. The predicted octanol–water partition coefficient (Wildman–Crippen LogP) is 2.53. The Kier molecular flexibility index (Phi) is 4.09. The Balaban J connectivity index is 1.81. The summed E-state index contributed by atoms with van der Waals surface area (Å²) in [4.78, 5) is 18.8. The van der Waals surface area contributed by atoms with E-state index in [1.807, 2.05) is 30.0 Å². The molecule has 1 amide bonds. The van der Waals surface area contributed by atoms with Crippen molar-refractivity contribution in [1.29, 1.82) is 0 Å². The number of benzene rings is 1. The number of anilines is 1. The fourth-order valence-corrected chi connectivity index (χ4v) is 2.76. The number of aryl methyl sites for hydroxylation is 2. The van der Waals surface area contributed by atoms with Gasteiger partial charge in [-0.2, -0.15) is 4.98 Å². The highest BCUT2D eigenvalue weighted by Gasteiger charge is 2.23. The van der Waals surface area contributed by atoms with E-state index in [2.05, 4.69) is 15.5 Å². The summed E-state index contributed by atoms with van der Waals surface area (Å²) >= 11 is 0. The molecular weight excluding hydrogens is 280 g/mol. The van der Waals surface area contributed by atoms with E-state index in [1.54, 1.807) is 6.92 Å². The number of aromatic nitrogens is 2. The number of carbonyl (C=O) groups excluding carboxylic acids is 1. The number of amides is 1. The molecule has 3 rings (SSSR count). The van der Waals surface area contributed by atoms with Gasteiger partial charge in [-0.05, 0) is 38.3 Å². The number of carbonyl (C=O) groups is 1. The first-order chi connectivity index (χ1) is 10.6. The zero-order valence-electron chi connectivity index (χ0n) is 12.9. The maximum Gasteiger partial charge on any atom is 0.256 e. The van der Waals surface area contributed by atoms with Crippen LogP contribution in [-0.2, 0) is 6.54 Å². The van der Waals surface area contributed by atoms with Gasteiger partial charge in [0.15, 0.2) is 5.82 Å². The van der Waals surface area contributed by atoms with Gasteiger partial charge in [0.1, 0.15) is 0 Å². The van der Waals surface area contributed by atoms with Crippen LogP contribution < -0.4 is 5.32 Å². The van der Waals surface area contributed by atoms with Gasteiger partial charge >= 0.3 is 0 Å². The third-order valence-electron chi connectivity index (χ3n) is 3.88. The topological polar surface area (TPSA) is 71.3 Å². The molecule has 116 valence electrons. The molecule has 0 atom stereocenters. The van der Waals surface area contributed by atoms with Gasteiger partial charge in [0.25, 0.3) is 5.91 Å². The van der Waals surface area contributed by atoms with Crippen molar-refractivity contribution in [3.05, 3.63) is 41.0 Å². The summed E-state index contributed by atoms with van der Waals surface area (Å²) in [5.74, 6) is 1.22. The molecule has 1 N–H and O–H groups in total. The molecule has 2 heterocycles. The van der Waals surface area contributed by atoms with Gasteiger partial charge in [0.2, 0.25) is 5.89 Å². The number of nitrogens with zero attached hydrogens (tertiary/aromatic N) is 3. The SMILES string of the molecule is Cc1noc(CNc2cccc(C)c2C(=O)N2CCCC2)n1. The Labute approximate surface area is 129 Å². The van der Waals surface area contributed by atoms with Gasteiger partial charge in [-0.1, -0.05) is 17.3 Å². The predicted molar refractivity (Wildman–Crippen MR) is 82.7 cm³/mol. The minimum absolute atomic E-state index is 0.0970. The molecule has 1 aliphatic rings. The van der Waals surface area contributed by atoms with E-state index in [0.717, 1.165) is 42.7 Å². The summed E-state index contributed by atoms with van der Waals surface area (Å²) in [7, 11) is 0. The van der Waals surface area contributed by atoms with E-state index in [-0.39, 0.29) is 5.91 Å². The second kappa shape index (κ2) is 6.17. The zero-order chi connectivity index (χ0) is 15.5. The normalized spacial score (nSPS) is 14.4. The average molecular weight is 300 g/mol. The van der Waals surface area contributed by atoms with Crippen LogP contribution in [0.4, 0.5) is 5.69 Å². The minimum atomic E-state index is 0.0970. The van der Waals surface area contributed by atoms with E-state index in [0.29, 0.717) is 18.3 Å². The highest BCUT2D eigenvalue weighted by atomic mass is 16.5. The van der Waals surface area contributed by atoms with Crippen LogP contribution in [0.5, 0.6) is 0 Å². The second-order valence-electron chi connectivity index (χ2n) is 5.59. The molecule has 1 aliphatic heterocycles. The molecule has 0 saturated carbocycles. The molecule has 1 aromatic carbocycles. The number of rotatable bonds is 4. The standard InChI is InChI=1S/C16H20N4O2/c1-11-6-5-7-13(17-10-14-18-12(2)19-22-14)15(11)16(21)20-8-3-4-9-20/h5-7,17H,3-4,8-10H2,1-2H3. The van der Waals surface area contributed by atoms with Crippen molar-refractivity contribution in [2.75, 3.05) is 18.4 Å². The van der Waals surface area contributed by atoms with Crippen molar-refractivity contribution in [3.63, 3.8) is 0 Å². The number of hydrogen-bond acceptors (Lipinski definition) is 5. The molecule has 6 heteroatoms. The van der Waals surface area contributed by atoms with Crippen LogP contribution in [0, 0.1) is 13.8 Å². The summed E-state index contributed by atoms with van der Waals surface area (Å²) in [5, 5.41) is 7.01. The van der Waals surface area contributed by atoms with Crippen molar-refractivity contribution in [2.24, 2.45) is 0 Å². The Hall–Kier alpha value is -2.37. The fourth-order valence-electron chi connectivity index (χ4n) is 2.76. The largest absolute Gasteiger partial charge is 0.375 e. The highest BCUT2D eigenvalue weighted by Crippen LogP contribution is 2.24. The van der Waals surface area contributed by atoms with E-state index < -0.39 is 0 Å².